The van der Waals surface area contributed by atoms with Crippen molar-refractivity contribution in [3.8, 4) is 0 Å². The van der Waals surface area contributed by atoms with Gasteiger partial charge in [0, 0.05) is 17.1 Å². The average Bonchev–Trinajstić information content (AvgIpc) is 2.51. The smallest absolute Gasteiger partial charge is 0.251 e. The Morgan fingerprint density at radius 1 is 1.14 bits per heavy atom. The first-order valence-corrected chi connectivity index (χ1v) is 8.39. The van der Waals surface area contributed by atoms with E-state index < -0.39 is 0 Å². The number of rotatable bonds is 7. The monoisotopic (exact) mass is 308 g/mol. The number of likely N-dealkylation sites (tertiary alicyclic amines) is 1. The minimum atomic E-state index is -0.0338. The fraction of sp³-hybridized carbons (Fsp3) is 0.588. The molecule has 2 rings (SSSR count). The van der Waals surface area contributed by atoms with E-state index in [-0.39, 0.29) is 5.91 Å². The molecule has 0 radical (unpaired) electrons. The summed E-state index contributed by atoms with van der Waals surface area (Å²) in [5, 5.41) is 3.55. The van der Waals surface area contributed by atoms with Crippen LogP contribution in [-0.2, 0) is 0 Å². The number of hydrogen-bond donors (Lipinski definition) is 1. The van der Waals surface area contributed by atoms with Gasteiger partial charge in [-0.25, -0.2) is 0 Å². The minimum absolute atomic E-state index is 0.0338. The van der Waals surface area contributed by atoms with Crippen molar-refractivity contribution in [2.24, 2.45) is 0 Å². The minimum Gasteiger partial charge on any atom is -0.352 e. The van der Waals surface area contributed by atoms with Crippen LogP contribution in [0.4, 0.5) is 0 Å². The van der Waals surface area contributed by atoms with Crippen LogP contribution < -0.4 is 5.32 Å². The van der Waals surface area contributed by atoms with Gasteiger partial charge >= 0.3 is 0 Å². The molecule has 1 aromatic rings. The van der Waals surface area contributed by atoms with Crippen molar-refractivity contribution in [3.63, 3.8) is 0 Å². The highest BCUT2D eigenvalue weighted by Gasteiger charge is 2.09. The largest absolute Gasteiger partial charge is 0.352 e. The summed E-state index contributed by atoms with van der Waals surface area (Å²) < 4.78 is 0. The number of carbonyl (C=O) groups is 1. The Labute approximate surface area is 132 Å². The van der Waals surface area contributed by atoms with Gasteiger partial charge < -0.3 is 10.2 Å². The molecule has 1 fully saturated rings. The molecule has 0 saturated carbocycles. The molecule has 1 aliphatic rings. The summed E-state index contributed by atoms with van der Waals surface area (Å²) in [6.07, 6.45) is 7.55. The van der Waals surface area contributed by atoms with Gasteiger partial charge in [0.25, 0.3) is 5.91 Å². The first kappa shape index (κ1) is 16.3. The zero-order chi connectivity index (χ0) is 14.9. The van der Waals surface area contributed by atoms with Crippen LogP contribution in [0.2, 0.25) is 5.02 Å². The molecule has 1 N–H and O–H groups in total. The van der Waals surface area contributed by atoms with Gasteiger partial charge in [-0.05, 0) is 63.5 Å². The molecule has 1 aromatic carbocycles. The number of piperidine rings is 1. The molecule has 116 valence electrons. The molecular weight excluding hydrogens is 284 g/mol. The lowest BCUT2D eigenvalue weighted by molar-refractivity contribution is 0.0953. The number of carbonyl (C=O) groups excluding carboxylic acids is 1. The van der Waals surface area contributed by atoms with Crippen LogP contribution in [-0.4, -0.2) is 37.0 Å². The highest BCUT2D eigenvalue weighted by atomic mass is 35.5. The second-order valence-electron chi connectivity index (χ2n) is 5.73. The van der Waals surface area contributed by atoms with Gasteiger partial charge in [-0.1, -0.05) is 30.5 Å². The molecule has 0 aliphatic carbocycles. The summed E-state index contributed by atoms with van der Waals surface area (Å²) in [6, 6.07) is 7.07. The van der Waals surface area contributed by atoms with E-state index in [1.807, 2.05) is 0 Å². The van der Waals surface area contributed by atoms with Crippen molar-refractivity contribution in [2.45, 2.75) is 38.5 Å². The van der Waals surface area contributed by atoms with Gasteiger partial charge in [0.2, 0.25) is 0 Å². The van der Waals surface area contributed by atoms with E-state index in [1.54, 1.807) is 24.3 Å². The van der Waals surface area contributed by atoms with E-state index in [0.717, 1.165) is 13.0 Å². The van der Waals surface area contributed by atoms with E-state index in [2.05, 4.69) is 10.2 Å². The van der Waals surface area contributed by atoms with Crippen LogP contribution in [0.3, 0.4) is 0 Å². The quantitative estimate of drug-likeness (QED) is 0.779. The van der Waals surface area contributed by atoms with Gasteiger partial charge in [0.15, 0.2) is 0 Å². The molecule has 3 nitrogen and oxygen atoms in total. The molecular formula is C17H25ClN2O. The van der Waals surface area contributed by atoms with Crippen molar-refractivity contribution >= 4 is 17.5 Å². The van der Waals surface area contributed by atoms with E-state index >= 15 is 0 Å². The Morgan fingerprint density at radius 3 is 2.71 bits per heavy atom. The van der Waals surface area contributed by atoms with Crippen LogP contribution in [0.15, 0.2) is 24.3 Å². The van der Waals surface area contributed by atoms with Gasteiger partial charge in [-0.15, -0.1) is 0 Å². The van der Waals surface area contributed by atoms with E-state index in [9.17, 15) is 4.79 Å². The number of amides is 1. The average molecular weight is 309 g/mol. The van der Waals surface area contributed by atoms with Crippen LogP contribution in [0.25, 0.3) is 0 Å². The molecule has 0 atom stereocenters. The second kappa shape index (κ2) is 9.06. The van der Waals surface area contributed by atoms with E-state index in [0.29, 0.717) is 10.6 Å². The van der Waals surface area contributed by atoms with Crippen LogP contribution in [0, 0.1) is 0 Å². The topological polar surface area (TPSA) is 32.3 Å². The third kappa shape index (κ3) is 6.06. The van der Waals surface area contributed by atoms with Crippen LogP contribution >= 0.6 is 11.6 Å². The molecule has 0 spiro atoms. The van der Waals surface area contributed by atoms with Gasteiger partial charge in [0.1, 0.15) is 0 Å². The number of benzene rings is 1. The lowest BCUT2D eigenvalue weighted by Gasteiger charge is -2.26. The SMILES string of the molecule is O=C(NCCCCCN1CCCCC1)c1cccc(Cl)c1. The van der Waals surface area contributed by atoms with Crippen LogP contribution in [0.5, 0.6) is 0 Å². The third-order valence-corrected chi connectivity index (χ3v) is 4.21. The lowest BCUT2D eigenvalue weighted by Crippen LogP contribution is -2.30. The number of nitrogens with one attached hydrogen (secondary N) is 1. The Hall–Kier alpha value is -1.06. The van der Waals surface area contributed by atoms with E-state index in [4.69, 9.17) is 11.6 Å². The maximum Gasteiger partial charge on any atom is 0.251 e. The summed E-state index contributed by atoms with van der Waals surface area (Å²) in [5.41, 5.74) is 0.635. The fourth-order valence-electron chi connectivity index (χ4n) is 2.75. The molecule has 1 aliphatic heterocycles. The summed E-state index contributed by atoms with van der Waals surface area (Å²) in [5.74, 6) is -0.0338. The maximum absolute atomic E-state index is 11.9. The van der Waals surface area contributed by atoms with Crippen molar-refractivity contribution in [3.05, 3.63) is 34.9 Å². The number of halogens is 1. The Morgan fingerprint density at radius 2 is 1.95 bits per heavy atom. The summed E-state index contributed by atoms with van der Waals surface area (Å²) in [6.45, 7) is 4.49. The number of nitrogens with zero attached hydrogens (tertiary/aromatic N) is 1. The van der Waals surface area contributed by atoms with Crippen molar-refractivity contribution in [2.75, 3.05) is 26.2 Å². The summed E-state index contributed by atoms with van der Waals surface area (Å²) >= 11 is 5.88. The van der Waals surface area contributed by atoms with Crippen LogP contribution in [0.1, 0.15) is 48.9 Å². The second-order valence-corrected chi connectivity index (χ2v) is 6.17. The summed E-state index contributed by atoms with van der Waals surface area (Å²) in [4.78, 5) is 14.5. The van der Waals surface area contributed by atoms with Crippen molar-refractivity contribution < 1.29 is 4.79 Å². The van der Waals surface area contributed by atoms with Gasteiger partial charge in [-0.2, -0.15) is 0 Å². The fourth-order valence-corrected chi connectivity index (χ4v) is 2.94. The standard InChI is InChI=1S/C17H25ClN2O/c18-16-9-7-8-15(14-16)17(21)19-10-3-1-4-11-20-12-5-2-6-13-20/h7-9,14H,1-6,10-13H2,(H,19,21). The lowest BCUT2D eigenvalue weighted by atomic mass is 10.1. The predicted octanol–water partition coefficient (Wildman–Crippen LogP) is 3.73. The Bertz CT molecular complexity index is 444. The summed E-state index contributed by atoms with van der Waals surface area (Å²) in [7, 11) is 0. The molecule has 4 heteroatoms. The molecule has 0 aromatic heterocycles. The zero-order valence-corrected chi connectivity index (χ0v) is 13.4. The zero-order valence-electron chi connectivity index (χ0n) is 12.6. The molecule has 1 amide bonds. The molecule has 21 heavy (non-hydrogen) atoms. The maximum atomic E-state index is 11.9. The van der Waals surface area contributed by atoms with Gasteiger partial charge in [-0.3, -0.25) is 4.79 Å². The first-order valence-electron chi connectivity index (χ1n) is 8.02. The number of unbranched alkanes of at least 4 members (excludes halogenated alkanes) is 2. The third-order valence-electron chi connectivity index (χ3n) is 3.97. The number of hydrogen-bond acceptors (Lipinski definition) is 2. The van der Waals surface area contributed by atoms with Crippen molar-refractivity contribution in [1.82, 2.24) is 10.2 Å². The highest BCUT2D eigenvalue weighted by molar-refractivity contribution is 6.30. The molecule has 1 saturated heterocycles. The molecule has 0 unspecified atom stereocenters. The molecule has 0 bridgehead atoms. The van der Waals surface area contributed by atoms with E-state index in [1.165, 1.54) is 51.7 Å². The van der Waals surface area contributed by atoms with Crippen molar-refractivity contribution in [1.29, 1.82) is 0 Å². The normalized spacial score (nSPS) is 15.9. The first-order chi connectivity index (χ1) is 10.3. The highest BCUT2D eigenvalue weighted by Crippen LogP contribution is 2.11. The predicted molar refractivity (Wildman–Crippen MR) is 87.9 cm³/mol. The Kier molecular flexibility index (Phi) is 7.04. The molecule has 1 heterocycles. The van der Waals surface area contributed by atoms with Gasteiger partial charge in [0.05, 0.1) is 0 Å². The Balaban J connectivity index is 1.54.